The topological polar surface area (TPSA) is 58.9 Å². The third-order valence-corrected chi connectivity index (χ3v) is 2.17. The zero-order valence-corrected chi connectivity index (χ0v) is 8.33. The highest BCUT2D eigenvalue weighted by atomic mass is 16.3. The molecular weight excluding hydrogens is 190 g/mol. The molecule has 2 aromatic rings. The van der Waals surface area contributed by atoms with Gasteiger partial charge in [-0.25, -0.2) is 0 Å². The van der Waals surface area contributed by atoms with Crippen molar-refractivity contribution in [1.82, 2.24) is 15.2 Å². The highest BCUT2D eigenvalue weighted by Gasteiger charge is 2.10. The van der Waals surface area contributed by atoms with Crippen molar-refractivity contribution in [2.45, 2.75) is 13.0 Å². The number of aliphatic hydroxyl groups is 1. The summed E-state index contributed by atoms with van der Waals surface area (Å²) in [5, 5.41) is 17.4. The highest BCUT2D eigenvalue weighted by molar-refractivity contribution is 5.25. The second kappa shape index (κ2) is 4.14. The van der Waals surface area contributed by atoms with Crippen LogP contribution in [0.3, 0.4) is 0 Å². The van der Waals surface area contributed by atoms with E-state index in [2.05, 4.69) is 15.2 Å². The maximum atomic E-state index is 9.97. The van der Waals surface area contributed by atoms with Crippen molar-refractivity contribution in [2.75, 3.05) is 0 Å². The fourth-order valence-electron chi connectivity index (χ4n) is 1.30. The Kier molecular flexibility index (Phi) is 2.69. The van der Waals surface area contributed by atoms with E-state index >= 15 is 0 Å². The SMILES string of the molecule is Cc1ccc(C(O)c2ccnnc2)cn1. The molecule has 1 unspecified atom stereocenters. The Morgan fingerprint density at radius 3 is 2.47 bits per heavy atom. The van der Waals surface area contributed by atoms with E-state index < -0.39 is 6.10 Å². The molecule has 4 heteroatoms. The fourth-order valence-corrected chi connectivity index (χ4v) is 1.30. The van der Waals surface area contributed by atoms with Crippen molar-refractivity contribution in [3.05, 3.63) is 53.6 Å². The zero-order valence-electron chi connectivity index (χ0n) is 8.33. The van der Waals surface area contributed by atoms with Crippen molar-refractivity contribution in [3.63, 3.8) is 0 Å². The standard InChI is InChI=1S/C11H11N3O/c1-8-2-3-9(6-12-8)11(15)10-4-5-13-14-7-10/h2-7,11,15H,1H3. The lowest BCUT2D eigenvalue weighted by Gasteiger charge is -2.09. The third-order valence-electron chi connectivity index (χ3n) is 2.17. The monoisotopic (exact) mass is 201 g/mol. The minimum absolute atomic E-state index is 0.686. The quantitative estimate of drug-likeness (QED) is 0.794. The van der Waals surface area contributed by atoms with Crippen molar-refractivity contribution >= 4 is 0 Å². The first-order valence-electron chi connectivity index (χ1n) is 4.64. The van der Waals surface area contributed by atoms with Gasteiger partial charge in [-0.15, -0.1) is 0 Å². The van der Waals surface area contributed by atoms with Gasteiger partial charge in [0.25, 0.3) is 0 Å². The Bertz CT molecular complexity index is 427. The van der Waals surface area contributed by atoms with Crippen LogP contribution in [0.2, 0.25) is 0 Å². The second-order valence-corrected chi connectivity index (χ2v) is 3.31. The van der Waals surface area contributed by atoms with Crippen LogP contribution in [0.5, 0.6) is 0 Å². The number of aliphatic hydroxyl groups excluding tert-OH is 1. The van der Waals surface area contributed by atoms with Crippen LogP contribution in [-0.4, -0.2) is 20.3 Å². The summed E-state index contributed by atoms with van der Waals surface area (Å²) < 4.78 is 0. The molecule has 4 nitrogen and oxygen atoms in total. The van der Waals surface area contributed by atoms with Gasteiger partial charge in [0, 0.05) is 29.2 Å². The summed E-state index contributed by atoms with van der Waals surface area (Å²) in [6.45, 7) is 1.91. The Morgan fingerprint density at radius 2 is 1.87 bits per heavy atom. The predicted molar refractivity (Wildman–Crippen MR) is 55.1 cm³/mol. The van der Waals surface area contributed by atoms with Gasteiger partial charge in [-0.05, 0) is 19.1 Å². The number of aromatic nitrogens is 3. The Balaban J connectivity index is 2.29. The molecule has 0 aliphatic rings. The van der Waals surface area contributed by atoms with Crippen molar-refractivity contribution < 1.29 is 5.11 Å². The van der Waals surface area contributed by atoms with Crippen LogP contribution in [0.15, 0.2) is 36.8 Å². The number of aryl methyl sites for hydroxylation is 1. The minimum atomic E-state index is -0.686. The van der Waals surface area contributed by atoms with Crippen LogP contribution in [0.4, 0.5) is 0 Å². The van der Waals surface area contributed by atoms with Gasteiger partial charge >= 0.3 is 0 Å². The minimum Gasteiger partial charge on any atom is -0.384 e. The zero-order chi connectivity index (χ0) is 10.7. The van der Waals surface area contributed by atoms with Gasteiger partial charge in [0.15, 0.2) is 0 Å². The van der Waals surface area contributed by atoms with Gasteiger partial charge in [0.05, 0.1) is 6.20 Å². The van der Waals surface area contributed by atoms with Crippen LogP contribution < -0.4 is 0 Å². The van der Waals surface area contributed by atoms with Crippen LogP contribution in [0, 0.1) is 6.92 Å². The number of nitrogens with zero attached hydrogens (tertiary/aromatic N) is 3. The molecule has 0 aromatic carbocycles. The summed E-state index contributed by atoms with van der Waals surface area (Å²) >= 11 is 0. The molecule has 0 aliphatic carbocycles. The molecule has 2 rings (SSSR count). The van der Waals surface area contributed by atoms with Crippen LogP contribution in [0.25, 0.3) is 0 Å². The summed E-state index contributed by atoms with van der Waals surface area (Å²) in [5.74, 6) is 0. The van der Waals surface area contributed by atoms with Gasteiger partial charge < -0.3 is 5.11 Å². The molecule has 0 spiro atoms. The first kappa shape index (κ1) is 9.73. The van der Waals surface area contributed by atoms with E-state index in [1.165, 1.54) is 0 Å². The van der Waals surface area contributed by atoms with Gasteiger partial charge in [-0.2, -0.15) is 10.2 Å². The van der Waals surface area contributed by atoms with Gasteiger partial charge in [0.2, 0.25) is 0 Å². The van der Waals surface area contributed by atoms with Crippen molar-refractivity contribution in [1.29, 1.82) is 0 Å². The van der Waals surface area contributed by atoms with Crippen molar-refractivity contribution in [3.8, 4) is 0 Å². The average Bonchev–Trinajstić information content (AvgIpc) is 2.30. The molecule has 0 aliphatic heterocycles. The molecule has 0 bridgehead atoms. The molecule has 0 amide bonds. The third kappa shape index (κ3) is 2.16. The van der Waals surface area contributed by atoms with E-state index in [9.17, 15) is 5.11 Å². The molecular formula is C11H11N3O. The first-order chi connectivity index (χ1) is 7.27. The van der Waals surface area contributed by atoms with Crippen LogP contribution in [0.1, 0.15) is 22.9 Å². The summed E-state index contributed by atoms with van der Waals surface area (Å²) in [5.41, 5.74) is 2.41. The van der Waals surface area contributed by atoms with Crippen LogP contribution in [-0.2, 0) is 0 Å². The van der Waals surface area contributed by atoms with Crippen LogP contribution >= 0.6 is 0 Å². The average molecular weight is 201 g/mol. The Labute approximate surface area is 87.6 Å². The second-order valence-electron chi connectivity index (χ2n) is 3.31. The highest BCUT2D eigenvalue weighted by Crippen LogP contribution is 2.19. The molecule has 0 fully saturated rings. The van der Waals surface area contributed by atoms with E-state index in [-0.39, 0.29) is 0 Å². The van der Waals surface area contributed by atoms with E-state index in [1.807, 2.05) is 19.1 Å². The largest absolute Gasteiger partial charge is 0.384 e. The Hall–Kier alpha value is -1.81. The van der Waals surface area contributed by atoms with Crippen molar-refractivity contribution in [2.24, 2.45) is 0 Å². The molecule has 2 aromatic heterocycles. The Morgan fingerprint density at radius 1 is 1.07 bits per heavy atom. The van der Waals surface area contributed by atoms with Gasteiger partial charge in [-0.3, -0.25) is 4.98 Å². The lowest BCUT2D eigenvalue weighted by atomic mass is 10.1. The first-order valence-corrected chi connectivity index (χ1v) is 4.64. The van der Waals surface area contributed by atoms with E-state index in [4.69, 9.17) is 0 Å². The number of hydrogen-bond acceptors (Lipinski definition) is 4. The normalized spacial score (nSPS) is 12.4. The number of hydrogen-bond donors (Lipinski definition) is 1. The van der Waals surface area contributed by atoms with E-state index in [1.54, 1.807) is 24.7 Å². The molecule has 15 heavy (non-hydrogen) atoms. The lowest BCUT2D eigenvalue weighted by molar-refractivity contribution is 0.219. The summed E-state index contributed by atoms with van der Waals surface area (Å²) in [4.78, 5) is 4.13. The molecule has 2 heterocycles. The number of pyridine rings is 1. The van der Waals surface area contributed by atoms with Gasteiger partial charge in [-0.1, -0.05) is 6.07 Å². The van der Waals surface area contributed by atoms with E-state index in [0.29, 0.717) is 0 Å². The number of rotatable bonds is 2. The predicted octanol–water partition coefficient (Wildman–Crippen LogP) is 1.26. The van der Waals surface area contributed by atoms with Gasteiger partial charge in [0.1, 0.15) is 6.10 Å². The fraction of sp³-hybridized carbons (Fsp3) is 0.182. The molecule has 0 saturated heterocycles. The molecule has 0 saturated carbocycles. The lowest BCUT2D eigenvalue weighted by Crippen LogP contribution is -2.01. The smallest absolute Gasteiger partial charge is 0.107 e. The molecule has 0 radical (unpaired) electrons. The maximum Gasteiger partial charge on any atom is 0.107 e. The summed E-state index contributed by atoms with van der Waals surface area (Å²) in [6.07, 6.45) is 4.08. The molecule has 76 valence electrons. The molecule has 1 N–H and O–H groups in total. The maximum absolute atomic E-state index is 9.97. The summed E-state index contributed by atoms with van der Waals surface area (Å²) in [7, 11) is 0. The summed E-state index contributed by atoms with van der Waals surface area (Å²) in [6, 6.07) is 5.46. The van der Waals surface area contributed by atoms with E-state index in [0.717, 1.165) is 16.8 Å². The molecule has 1 atom stereocenters.